The highest BCUT2D eigenvalue weighted by molar-refractivity contribution is 6.22. The van der Waals surface area contributed by atoms with Crippen molar-refractivity contribution in [2.24, 2.45) is 35.5 Å². The zero-order valence-electron chi connectivity index (χ0n) is 17.4. The van der Waals surface area contributed by atoms with Crippen molar-refractivity contribution in [1.82, 2.24) is 0 Å². The smallest absolute Gasteiger partial charge is 0.343 e. The number of hydrogen-bond acceptors (Lipinski definition) is 4. The topological polar surface area (TPSA) is 63.7 Å². The van der Waals surface area contributed by atoms with Crippen LogP contribution in [0.25, 0.3) is 0 Å². The number of carbonyl (C=O) groups excluding carboxylic acids is 3. The Bertz CT molecular complexity index is 1130. The summed E-state index contributed by atoms with van der Waals surface area (Å²) < 4.78 is 5.56. The number of esters is 1. The third kappa shape index (κ3) is 2.59. The van der Waals surface area contributed by atoms with Gasteiger partial charge in [0, 0.05) is 0 Å². The lowest BCUT2D eigenvalue weighted by molar-refractivity contribution is -0.124. The number of benzene rings is 2. The summed E-state index contributed by atoms with van der Waals surface area (Å²) in [4.78, 5) is 40.4. The summed E-state index contributed by atoms with van der Waals surface area (Å²) in [6.07, 6.45) is 5.48. The number of aryl methyl sites for hydroxylation is 1. The van der Waals surface area contributed by atoms with Gasteiger partial charge in [-0.25, -0.2) is 4.79 Å². The molecule has 2 bridgehead atoms. The fourth-order valence-corrected chi connectivity index (χ4v) is 5.95. The molecule has 2 saturated carbocycles. The summed E-state index contributed by atoms with van der Waals surface area (Å²) >= 11 is 0. The predicted octanol–water partition coefficient (Wildman–Crippen LogP) is 4.08. The summed E-state index contributed by atoms with van der Waals surface area (Å²) in [5.74, 6) is 1.00. The summed E-state index contributed by atoms with van der Waals surface area (Å²) in [5.41, 5.74) is 2.88. The first-order chi connectivity index (χ1) is 15.0. The molecule has 31 heavy (non-hydrogen) atoms. The van der Waals surface area contributed by atoms with Gasteiger partial charge >= 0.3 is 5.97 Å². The molecule has 5 heteroatoms. The average molecular weight is 413 g/mol. The molecule has 5 nitrogen and oxygen atoms in total. The van der Waals surface area contributed by atoms with Crippen LogP contribution in [0.3, 0.4) is 0 Å². The monoisotopic (exact) mass is 413 g/mol. The molecular formula is C26H23NO4. The Morgan fingerprint density at radius 2 is 1.52 bits per heavy atom. The number of amides is 2. The highest BCUT2D eigenvalue weighted by atomic mass is 16.5. The number of allylic oxidation sites excluding steroid dienone is 2. The van der Waals surface area contributed by atoms with Crippen LogP contribution >= 0.6 is 0 Å². The van der Waals surface area contributed by atoms with Crippen molar-refractivity contribution in [3.8, 4) is 5.75 Å². The van der Waals surface area contributed by atoms with E-state index in [2.05, 4.69) is 12.2 Å². The van der Waals surface area contributed by atoms with Crippen LogP contribution in [0.15, 0.2) is 54.6 Å². The summed E-state index contributed by atoms with van der Waals surface area (Å²) in [6.45, 7) is 3.88. The Labute approximate surface area is 180 Å². The zero-order chi connectivity index (χ0) is 21.4. The molecular weight excluding hydrogens is 390 g/mol. The first kappa shape index (κ1) is 18.6. The van der Waals surface area contributed by atoms with E-state index in [0.29, 0.717) is 28.8 Å². The van der Waals surface area contributed by atoms with Gasteiger partial charge in [0.1, 0.15) is 5.75 Å². The highest BCUT2D eigenvalue weighted by Gasteiger charge is 2.67. The molecule has 1 saturated heterocycles. The van der Waals surface area contributed by atoms with Gasteiger partial charge in [-0.05, 0) is 85.4 Å². The molecule has 2 amide bonds. The third-order valence-electron chi connectivity index (χ3n) is 7.78. The van der Waals surface area contributed by atoms with Gasteiger partial charge in [-0.3, -0.25) is 14.5 Å². The second kappa shape index (κ2) is 6.39. The molecule has 6 atom stereocenters. The van der Waals surface area contributed by atoms with Crippen molar-refractivity contribution >= 4 is 23.5 Å². The van der Waals surface area contributed by atoms with Crippen LogP contribution in [0.4, 0.5) is 5.69 Å². The molecule has 0 aromatic heterocycles. The maximum Gasteiger partial charge on any atom is 0.343 e. The molecule has 5 aliphatic rings. The number of rotatable bonds is 3. The quantitative estimate of drug-likeness (QED) is 0.329. The Balaban J connectivity index is 1.24. The first-order valence-corrected chi connectivity index (χ1v) is 10.9. The lowest BCUT2D eigenvalue weighted by atomic mass is 9.63. The van der Waals surface area contributed by atoms with Gasteiger partial charge < -0.3 is 4.74 Å². The molecule has 0 unspecified atom stereocenters. The molecule has 2 aromatic rings. The molecule has 0 radical (unpaired) electrons. The second-order valence-corrected chi connectivity index (χ2v) is 9.30. The van der Waals surface area contributed by atoms with Gasteiger partial charge in [-0.15, -0.1) is 0 Å². The van der Waals surface area contributed by atoms with Crippen LogP contribution < -0.4 is 9.64 Å². The Kier molecular flexibility index (Phi) is 3.83. The first-order valence-electron chi connectivity index (χ1n) is 10.9. The standard InChI is InChI=1S/C26H23NO4/c1-13-4-3-5-21(14(13)2)31-26(30)15-6-8-16(9-7-15)27-24(28)22-17-10-11-18(20-12-19(17)20)23(22)25(27)29/h3-11,17-20,22-23H,12H2,1-2H3/t17-,18-,19-,20+,22+,23+/m0/s1. The summed E-state index contributed by atoms with van der Waals surface area (Å²) in [7, 11) is 0. The minimum atomic E-state index is -0.463. The van der Waals surface area contributed by atoms with Gasteiger partial charge in [0.25, 0.3) is 0 Å². The molecule has 156 valence electrons. The molecule has 4 aliphatic carbocycles. The molecule has 1 aliphatic heterocycles. The van der Waals surface area contributed by atoms with Crippen LogP contribution in [0.2, 0.25) is 0 Å². The molecule has 3 fully saturated rings. The van der Waals surface area contributed by atoms with Crippen LogP contribution in [0.1, 0.15) is 27.9 Å². The fraction of sp³-hybridized carbons (Fsp3) is 0.346. The maximum atomic E-state index is 13.2. The van der Waals surface area contributed by atoms with E-state index in [-0.39, 0.29) is 35.5 Å². The maximum absolute atomic E-state index is 13.2. The van der Waals surface area contributed by atoms with Crippen molar-refractivity contribution in [3.05, 3.63) is 71.3 Å². The predicted molar refractivity (Wildman–Crippen MR) is 115 cm³/mol. The van der Waals surface area contributed by atoms with E-state index in [1.807, 2.05) is 26.0 Å². The fourth-order valence-electron chi connectivity index (χ4n) is 5.95. The number of hydrogen-bond donors (Lipinski definition) is 0. The summed E-state index contributed by atoms with van der Waals surface area (Å²) in [5, 5.41) is 0. The van der Waals surface area contributed by atoms with E-state index >= 15 is 0 Å². The number of imide groups is 1. The Hall–Kier alpha value is -3.21. The lowest BCUT2D eigenvalue weighted by Crippen LogP contribution is -2.40. The minimum Gasteiger partial charge on any atom is -0.423 e. The Morgan fingerprint density at radius 1 is 0.903 bits per heavy atom. The van der Waals surface area contributed by atoms with E-state index in [1.54, 1.807) is 30.3 Å². The summed E-state index contributed by atoms with van der Waals surface area (Å²) in [6, 6.07) is 12.2. The van der Waals surface area contributed by atoms with Gasteiger partial charge in [0.05, 0.1) is 23.1 Å². The largest absolute Gasteiger partial charge is 0.423 e. The number of nitrogens with zero attached hydrogens (tertiary/aromatic N) is 1. The average Bonchev–Trinajstić information content (AvgIpc) is 3.55. The normalized spacial score (nSPS) is 32.1. The van der Waals surface area contributed by atoms with Gasteiger partial charge in [0.2, 0.25) is 11.8 Å². The molecule has 1 heterocycles. The third-order valence-corrected chi connectivity index (χ3v) is 7.78. The van der Waals surface area contributed by atoms with Crippen molar-refractivity contribution in [2.75, 3.05) is 4.90 Å². The molecule has 7 rings (SSSR count). The number of anilines is 1. The van der Waals surface area contributed by atoms with Crippen molar-refractivity contribution in [1.29, 1.82) is 0 Å². The zero-order valence-corrected chi connectivity index (χ0v) is 17.4. The van der Waals surface area contributed by atoms with Crippen LogP contribution in [0.5, 0.6) is 5.75 Å². The Morgan fingerprint density at radius 3 is 2.13 bits per heavy atom. The van der Waals surface area contributed by atoms with Crippen molar-refractivity contribution < 1.29 is 19.1 Å². The highest BCUT2D eigenvalue weighted by Crippen LogP contribution is 2.65. The molecule has 0 N–H and O–H groups in total. The van der Waals surface area contributed by atoms with Crippen molar-refractivity contribution in [3.63, 3.8) is 0 Å². The molecule has 2 aromatic carbocycles. The number of carbonyl (C=O) groups is 3. The SMILES string of the molecule is Cc1cccc(OC(=O)c2ccc(N3C(=O)[C@@H]4[C@H]5C=C[C@@H]([C@@H]6C[C@H]56)[C@H]4C3=O)cc2)c1C. The minimum absolute atomic E-state index is 0.0922. The van der Waals surface area contributed by atoms with Gasteiger partial charge in [-0.2, -0.15) is 0 Å². The van der Waals surface area contributed by atoms with E-state index in [1.165, 1.54) is 4.90 Å². The van der Waals surface area contributed by atoms with Crippen LogP contribution in [0, 0.1) is 49.4 Å². The number of ether oxygens (including phenoxy) is 1. The van der Waals surface area contributed by atoms with E-state index in [9.17, 15) is 14.4 Å². The van der Waals surface area contributed by atoms with Gasteiger partial charge in [0.15, 0.2) is 0 Å². The lowest BCUT2D eigenvalue weighted by Gasteiger charge is -2.37. The van der Waals surface area contributed by atoms with E-state index < -0.39 is 5.97 Å². The van der Waals surface area contributed by atoms with E-state index in [4.69, 9.17) is 4.74 Å². The van der Waals surface area contributed by atoms with Crippen LogP contribution in [-0.4, -0.2) is 17.8 Å². The van der Waals surface area contributed by atoms with E-state index in [0.717, 1.165) is 17.5 Å². The van der Waals surface area contributed by atoms with Gasteiger partial charge in [-0.1, -0.05) is 24.3 Å². The van der Waals surface area contributed by atoms with Crippen LogP contribution in [-0.2, 0) is 9.59 Å². The molecule has 0 spiro atoms. The van der Waals surface area contributed by atoms with Crippen molar-refractivity contribution in [2.45, 2.75) is 20.3 Å². The second-order valence-electron chi connectivity index (χ2n) is 9.30.